The second-order valence-electron chi connectivity index (χ2n) is 5.19. The molecule has 0 bridgehead atoms. The first-order chi connectivity index (χ1) is 9.39. The Kier molecular flexibility index (Phi) is 4.96. The highest BCUT2D eigenvalue weighted by molar-refractivity contribution is 6.41. The van der Waals surface area contributed by atoms with E-state index < -0.39 is 5.79 Å². The second kappa shape index (κ2) is 6.35. The van der Waals surface area contributed by atoms with Gasteiger partial charge in [-0.2, -0.15) is 0 Å². The molecule has 7 heteroatoms. The molecule has 1 atom stereocenters. The number of hydrogen-bond acceptors (Lipinski definition) is 3. The average molecular weight is 321 g/mol. The number of halogens is 2. The van der Waals surface area contributed by atoms with Crippen LogP contribution in [0, 0.1) is 5.92 Å². The van der Waals surface area contributed by atoms with Crippen molar-refractivity contribution in [2.75, 3.05) is 19.8 Å². The van der Waals surface area contributed by atoms with Gasteiger partial charge in [-0.25, -0.2) is 0 Å². The number of amides is 1. The molecule has 1 fully saturated rings. The molecule has 0 aliphatic carbocycles. The molecule has 1 saturated heterocycles. The summed E-state index contributed by atoms with van der Waals surface area (Å²) in [7, 11) is 0. The summed E-state index contributed by atoms with van der Waals surface area (Å²) < 4.78 is 11.1. The molecule has 1 aliphatic heterocycles. The number of carbonyl (C=O) groups excluding carboxylic acids is 1. The molecule has 1 amide bonds. The maximum absolute atomic E-state index is 11.9. The van der Waals surface area contributed by atoms with Gasteiger partial charge in [-0.15, -0.1) is 0 Å². The van der Waals surface area contributed by atoms with Gasteiger partial charge in [-0.1, -0.05) is 30.1 Å². The molecular weight excluding hydrogens is 303 g/mol. The van der Waals surface area contributed by atoms with E-state index in [1.54, 1.807) is 0 Å². The maximum Gasteiger partial charge on any atom is 0.267 e. The van der Waals surface area contributed by atoms with Crippen LogP contribution < -0.4 is 5.32 Å². The highest BCUT2D eigenvalue weighted by Crippen LogP contribution is 2.26. The summed E-state index contributed by atoms with van der Waals surface area (Å²) in [4.78, 5) is 14.6. The van der Waals surface area contributed by atoms with Crippen LogP contribution in [0.4, 0.5) is 0 Å². The number of ether oxygens (including phenoxy) is 2. The summed E-state index contributed by atoms with van der Waals surface area (Å²) in [6.07, 6.45) is 0.722. The standard InChI is InChI=1S/C13H18Cl2N2O3/c1-8(6-13(2)19-3-4-20-13)7-16-12(18)10-5-9(14)11(15)17-10/h5,8,17H,3-4,6-7H2,1-2H3,(H,16,18)/t8-/m1/s1. The lowest BCUT2D eigenvalue weighted by Crippen LogP contribution is -2.34. The number of carbonyl (C=O) groups is 1. The van der Waals surface area contributed by atoms with Crippen LogP contribution in [0.25, 0.3) is 0 Å². The minimum Gasteiger partial charge on any atom is -0.350 e. The Morgan fingerprint density at radius 3 is 2.70 bits per heavy atom. The molecule has 0 unspecified atom stereocenters. The molecule has 112 valence electrons. The fraction of sp³-hybridized carbons (Fsp3) is 0.615. The summed E-state index contributed by atoms with van der Waals surface area (Å²) in [5.74, 6) is -0.546. The molecule has 2 heterocycles. The largest absolute Gasteiger partial charge is 0.350 e. The summed E-state index contributed by atoms with van der Waals surface area (Å²) in [6.45, 7) is 5.72. The quantitative estimate of drug-likeness (QED) is 0.876. The Hall–Kier alpha value is -0.750. The third kappa shape index (κ3) is 3.88. The summed E-state index contributed by atoms with van der Waals surface area (Å²) in [6, 6.07) is 1.51. The van der Waals surface area contributed by atoms with Crippen LogP contribution in [-0.4, -0.2) is 36.4 Å². The van der Waals surface area contributed by atoms with Crippen molar-refractivity contribution in [3.05, 3.63) is 21.9 Å². The zero-order valence-corrected chi connectivity index (χ0v) is 13.0. The maximum atomic E-state index is 11.9. The van der Waals surface area contributed by atoms with Gasteiger partial charge in [0.1, 0.15) is 10.8 Å². The van der Waals surface area contributed by atoms with Gasteiger partial charge < -0.3 is 19.8 Å². The first-order valence-corrected chi connectivity index (χ1v) is 7.25. The summed E-state index contributed by atoms with van der Waals surface area (Å²) >= 11 is 11.6. The third-order valence-corrected chi connectivity index (χ3v) is 3.89. The number of aromatic amines is 1. The highest BCUT2D eigenvalue weighted by Gasteiger charge is 2.32. The number of hydrogen-bond donors (Lipinski definition) is 2. The smallest absolute Gasteiger partial charge is 0.267 e. The van der Waals surface area contributed by atoms with E-state index in [0.717, 1.165) is 6.42 Å². The van der Waals surface area contributed by atoms with E-state index in [1.807, 2.05) is 13.8 Å². The van der Waals surface area contributed by atoms with Gasteiger partial charge in [0, 0.05) is 13.0 Å². The van der Waals surface area contributed by atoms with Gasteiger partial charge in [-0.3, -0.25) is 4.79 Å². The first-order valence-electron chi connectivity index (χ1n) is 6.50. The minimum absolute atomic E-state index is 0.225. The van der Waals surface area contributed by atoms with Gasteiger partial charge in [-0.05, 0) is 18.9 Å². The summed E-state index contributed by atoms with van der Waals surface area (Å²) in [5, 5.41) is 3.44. The fourth-order valence-electron chi connectivity index (χ4n) is 2.27. The third-order valence-electron chi connectivity index (χ3n) is 3.20. The van der Waals surface area contributed by atoms with Gasteiger partial charge in [0.05, 0.1) is 18.2 Å². The number of H-pyrrole nitrogens is 1. The van der Waals surface area contributed by atoms with Crippen molar-refractivity contribution in [3.8, 4) is 0 Å². The van der Waals surface area contributed by atoms with E-state index in [-0.39, 0.29) is 17.0 Å². The Labute approximate surface area is 127 Å². The zero-order chi connectivity index (χ0) is 14.8. The van der Waals surface area contributed by atoms with Crippen LogP contribution in [0.3, 0.4) is 0 Å². The fourth-order valence-corrected chi connectivity index (χ4v) is 2.58. The molecule has 0 spiro atoms. The lowest BCUT2D eigenvalue weighted by molar-refractivity contribution is -0.153. The van der Waals surface area contributed by atoms with Crippen molar-refractivity contribution >= 4 is 29.1 Å². The topological polar surface area (TPSA) is 63.4 Å². The van der Waals surface area contributed by atoms with Crippen molar-refractivity contribution < 1.29 is 14.3 Å². The van der Waals surface area contributed by atoms with Crippen LogP contribution in [0.1, 0.15) is 30.8 Å². The molecule has 0 aromatic carbocycles. The minimum atomic E-state index is -0.538. The van der Waals surface area contributed by atoms with Gasteiger partial charge >= 0.3 is 0 Å². The van der Waals surface area contributed by atoms with Crippen LogP contribution >= 0.6 is 23.2 Å². The Bertz CT molecular complexity index is 464. The van der Waals surface area contributed by atoms with Gasteiger partial charge in [0.25, 0.3) is 5.91 Å². The van der Waals surface area contributed by atoms with E-state index in [0.29, 0.717) is 30.5 Å². The molecule has 0 radical (unpaired) electrons. The molecular formula is C13H18Cl2N2O3. The SMILES string of the molecule is C[C@@H](CNC(=O)c1cc(Cl)c(Cl)[nH]1)CC1(C)OCCO1. The lowest BCUT2D eigenvalue weighted by atomic mass is 10.0. The molecule has 0 saturated carbocycles. The Morgan fingerprint density at radius 1 is 1.50 bits per heavy atom. The molecule has 20 heavy (non-hydrogen) atoms. The van der Waals surface area contributed by atoms with E-state index in [2.05, 4.69) is 10.3 Å². The van der Waals surface area contributed by atoms with Crippen molar-refractivity contribution in [1.82, 2.24) is 10.3 Å². The van der Waals surface area contributed by atoms with Crippen LogP contribution in [0.5, 0.6) is 0 Å². The Morgan fingerprint density at radius 2 is 2.15 bits per heavy atom. The molecule has 1 aromatic heterocycles. The molecule has 1 aromatic rings. The van der Waals surface area contributed by atoms with Gasteiger partial charge in [0.2, 0.25) is 0 Å². The van der Waals surface area contributed by atoms with Crippen molar-refractivity contribution in [1.29, 1.82) is 0 Å². The monoisotopic (exact) mass is 320 g/mol. The normalized spacial score (nSPS) is 19.0. The van der Waals surface area contributed by atoms with E-state index >= 15 is 0 Å². The van der Waals surface area contributed by atoms with E-state index in [4.69, 9.17) is 32.7 Å². The Balaban J connectivity index is 1.81. The predicted octanol–water partition coefficient (Wildman–Crippen LogP) is 2.84. The van der Waals surface area contributed by atoms with E-state index in [1.165, 1.54) is 6.07 Å². The van der Waals surface area contributed by atoms with Crippen molar-refractivity contribution in [2.45, 2.75) is 26.1 Å². The number of aromatic nitrogens is 1. The lowest BCUT2D eigenvalue weighted by Gasteiger charge is -2.25. The molecule has 5 nitrogen and oxygen atoms in total. The van der Waals surface area contributed by atoms with Crippen molar-refractivity contribution in [2.24, 2.45) is 5.92 Å². The molecule has 2 rings (SSSR count). The summed E-state index contributed by atoms with van der Waals surface area (Å²) in [5.41, 5.74) is 0.353. The number of nitrogens with one attached hydrogen (secondary N) is 2. The first kappa shape index (κ1) is 15.6. The van der Waals surface area contributed by atoms with Crippen LogP contribution in [-0.2, 0) is 9.47 Å². The van der Waals surface area contributed by atoms with E-state index in [9.17, 15) is 4.79 Å². The van der Waals surface area contributed by atoms with Gasteiger partial charge in [0.15, 0.2) is 5.79 Å². The average Bonchev–Trinajstić information content (AvgIpc) is 2.94. The number of rotatable bonds is 5. The second-order valence-corrected chi connectivity index (χ2v) is 5.98. The highest BCUT2D eigenvalue weighted by atomic mass is 35.5. The van der Waals surface area contributed by atoms with Crippen molar-refractivity contribution in [3.63, 3.8) is 0 Å². The molecule has 1 aliphatic rings. The van der Waals surface area contributed by atoms with Crippen LogP contribution in [0.15, 0.2) is 6.07 Å². The molecule has 2 N–H and O–H groups in total. The predicted molar refractivity (Wildman–Crippen MR) is 77.2 cm³/mol. The zero-order valence-electron chi connectivity index (χ0n) is 11.5. The van der Waals surface area contributed by atoms with Crippen LogP contribution in [0.2, 0.25) is 10.2 Å².